The fraction of sp³-hybridized carbons (Fsp3) is 0.200. The molecule has 0 saturated carbocycles. The second kappa shape index (κ2) is 4.53. The van der Waals surface area contributed by atoms with Crippen LogP contribution in [0.2, 0.25) is 0 Å². The van der Waals surface area contributed by atoms with Crippen molar-refractivity contribution in [1.29, 1.82) is 0 Å². The molecule has 1 aromatic carbocycles. The molecule has 0 atom stereocenters. The number of nitrogens with two attached hydrogens (primary N) is 1. The Morgan fingerprint density at radius 1 is 1.29 bits per heavy atom. The van der Waals surface area contributed by atoms with Gasteiger partial charge in [0.2, 0.25) is 5.91 Å². The zero-order valence-corrected chi connectivity index (χ0v) is 7.91. The average Bonchev–Trinajstić information content (AvgIpc) is 2.17. The molecule has 0 aliphatic heterocycles. The van der Waals surface area contributed by atoms with Gasteiger partial charge >= 0.3 is 0 Å². The van der Waals surface area contributed by atoms with Crippen molar-refractivity contribution in [2.75, 3.05) is 11.9 Å². The van der Waals surface area contributed by atoms with Crippen molar-refractivity contribution in [3.63, 3.8) is 0 Å². The van der Waals surface area contributed by atoms with Crippen molar-refractivity contribution in [1.82, 2.24) is 0 Å². The molecule has 0 saturated heterocycles. The van der Waals surface area contributed by atoms with Crippen LogP contribution >= 0.6 is 0 Å². The molecule has 0 aliphatic carbocycles. The number of Topliss-reactive ketones (excluding diaryl/α,β-unsaturated/α-hetero) is 1. The molecular weight excluding hydrogens is 180 g/mol. The number of hydrogen-bond acceptors (Lipinski definition) is 3. The van der Waals surface area contributed by atoms with Crippen LogP contribution in [0.1, 0.15) is 17.3 Å². The normalized spacial score (nSPS) is 9.57. The third kappa shape index (κ3) is 2.67. The molecule has 4 heteroatoms. The zero-order chi connectivity index (χ0) is 10.6. The molecule has 74 valence electrons. The van der Waals surface area contributed by atoms with E-state index in [9.17, 15) is 9.59 Å². The maximum absolute atomic E-state index is 11.1. The van der Waals surface area contributed by atoms with Gasteiger partial charge in [0.05, 0.1) is 6.54 Å². The highest BCUT2D eigenvalue weighted by Crippen LogP contribution is 2.09. The Bertz CT molecular complexity index is 344. The van der Waals surface area contributed by atoms with Crippen molar-refractivity contribution < 1.29 is 9.59 Å². The Kier molecular flexibility index (Phi) is 3.36. The minimum Gasteiger partial charge on any atom is -0.326 e. The fourth-order valence-corrected chi connectivity index (χ4v) is 1.06. The monoisotopic (exact) mass is 192 g/mol. The molecule has 0 heterocycles. The first-order chi connectivity index (χ1) is 6.63. The third-order valence-corrected chi connectivity index (χ3v) is 1.71. The van der Waals surface area contributed by atoms with Crippen LogP contribution in [0.5, 0.6) is 0 Å². The van der Waals surface area contributed by atoms with E-state index in [0.717, 1.165) is 0 Å². The second-order valence-electron chi connectivity index (χ2n) is 2.89. The summed E-state index contributed by atoms with van der Waals surface area (Å²) >= 11 is 0. The Morgan fingerprint density at radius 2 is 1.86 bits per heavy atom. The Balaban J connectivity index is 2.78. The van der Waals surface area contributed by atoms with Gasteiger partial charge in [-0.3, -0.25) is 9.59 Å². The lowest BCUT2D eigenvalue weighted by Crippen LogP contribution is -2.13. The van der Waals surface area contributed by atoms with E-state index >= 15 is 0 Å². The molecule has 14 heavy (non-hydrogen) atoms. The number of amides is 1. The molecule has 1 amide bonds. The van der Waals surface area contributed by atoms with Crippen LogP contribution in [0, 0.1) is 0 Å². The van der Waals surface area contributed by atoms with Crippen molar-refractivity contribution >= 4 is 17.4 Å². The molecule has 0 radical (unpaired) electrons. The second-order valence-corrected chi connectivity index (χ2v) is 2.89. The van der Waals surface area contributed by atoms with Crippen LogP contribution in [-0.2, 0) is 4.79 Å². The molecule has 0 aliphatic rings. The molecule has 1 rings (SSSR count). The maximum Gasteiger partial charge on any atom is 0.221 e. The number of anilines is 1. The van der Waals surface area contributed by atoms with E-state index in [1.54, 1.807) is 24.3 Å². The van der Waals surface area contributed by atoms with Gasteiger partial charge in [-0.05, 0) is 24.3 Å². The fourth-order valence-electron chi connectivity index (χ4n) is 1.06. The van der Waals surface area contributed by atoms with Gasteiger partial charge in [0.1, 0.15) is 0 Å². The van der Waals surface area contributed by atoms with E-state index in [1.807, 2.05) is 0 Å². The highest BCUT2D eigenvalue weighted by Gasteiger charge is 2.02. The highest BCUT2D eigenvalue weighted by molar-refractivity contribution is 5.98. The number of hydrogen-bond donors (Lipinski definition) is 2. The van der Waals surface area contributed by atoms with E-state index in [0.29, 0.717) is 11.3 Å². The quantitative estimate of drug-likeness (QED) is 0.695. The predicted octanol–water partition coefficient (Wildman–Crippen LogP) is 0.786. The molecule has 4 nitrogen and oxygen atoms in total. The zero-order valence-electron chi connectivity index (χ0n) is 7.91. The first-order valence-electron chi connectivity index (χ1n) is 4.24. The Hall–Kier alpha value is -1.68. The molecule has 0 bridgehead atoms. The Labute approximate surface area is 82.1 Å². The summed E-state index contributed by atoms with van der Waals surface area (Å²) in [7, 11) is 0. The van der Waals surface area contributed by atoms with Crippen LogP contribution in [0.15, 0.2) is 24.3 Å². The van der Waals surface area contributed by atoms with E-state index in [-0.39, 0.29) is 18.2 Å². The lowest BCUT2D eigenvalue weighted by atomic mass is 10.1. The number of ketones is 1. The summed E-state index contributed by atoms with van der Waals surface area (Å²) < 4.78 is 0. The van der Waals surface area contributed by atoms with Crippen LogP contribution in [0.4, 0.5) is 5.69 Å². The van der Waals surface area contributed by atoms with Gasteiger partial charge in [-0.2, -0.15) is 0 Å². The van der Waals surface area contributed by atoms with E-state index in [1.165, 1.54) is 6.92 Å². The average molecular weight is 192 g/mol. The van der Waals surface area contributed by atoms with E-state index in [4.69, 9.17) is 5.73 Å². The number of nitrogens with one attached hydrogen (secondary N) is 1. The van der Waals surface area contributed by atoms with Gasteiger partial charge in [-0.25, -0.2) is 0 Å². The van der Waals surface area contributed by atoms with E-state index in [2.05, 4.69) is 5.32 Å². The minimum absolute atomic E-state index is 0.000512. The number of carbonyl (C=O) groups is 2. The van der Waals surface area contributed by atoms with Gasteiger partial charge in [-0.15, -0.1) is 0 Å². The SMILES string of the molecule is CC(=O)Nc1ccc(C(=O)CN)cc1. The minimum atomic E-state index is -0.136. The lowest BCUT2D eigenvalue weighted by Gasteiger charge is -2.02. The summed E-state index contributed by atoms with van der Waals surface area (Å²) in [5.74, 6) is -0.248. The van der Waals surface area contributed by atoms with Gasteiger partial charge in [-0.1, -0.05) is 0 Å². The summed E-state index contributed by atoms with van der Waals surface area (Å²) in [5, 5.41) is 2.61. The van der Waals surface area contributed by atoms with E-state index < -0.39 is 0 Å². The largest absolute Gasteiger partial charge is 0.326 e. The smallest absolute Gasteiger partial charge is 0.221 e. The predicted molar refractivity (Wildman–Crippen MR) is 54.1 cm³/mol. The molecule has 0 spiro atoms. The number of benzene rings is 1. The van der Waals surface area contributed by atoms with Crippen LogP contribution in [0.3, 0.4) is 0 Å². The van der Waals surface area contributed by atoms with Crippen molar-refractivity contribution in [2.24, 2.45) is 5.73 Å². The van der Waals surface area contributed by atoms with Crippen LogP contribution < -0.4 is 11.1 Å². The molecular formula is C10H12N2O2. The first-order valence-corrected chi connectivity index (χ1v) is 4.24. The number of carbonyl (C=O) groups excluding carboxylic acids is 2. The maximum atomic E-state index is 11.1. The molecule has 0 aromatic heterocycles. The first kappa shape index (κ1) is 10.4. The van der Waals surface area contributed by atoms with Crippen LogP contribution in [-0.4, -0.2) is 18.2 Å². The molecule has 0 fully saturated rings. The molecule has 1 aromatic rings. The molecule has 0 unspecified atom stereocenters. The van der Waals surface area contributed by atoms with Gasteiger partial charge in [0.15, 0.2) is 5.78 Å². The van der Waals surface area contributed by atoms with Crippen LogP contribution in [0.25, 0.3) is 0 Å². The third-order valence-electron chi connectivity index (χ3n) is 1.71. The number of rotatable bonds is 3. The topological polar surface area (TPSA) is 72.2 Å². The summed E-state index contributed by atoms with van der Waals surface area (Å²) in [6.45, 7) is 1.43. The summed E-state index contributed by atoms with van der Waals surface area (Å²) in [6, 6.07) is 6.62. The van der Waals surface area contributed by atoms with Gasteiger partial charge in [0, 0.05) is 18.2 Å². The summed E-state index contributed by atoms with van der Waals surface area (Å²) in [4.78, 5) is 21.8. The van der Waals surface area contributed by atoms with Gasteiger partial charge in [0.25, 0.3) is 0 Å². The van der Waals surface area contributed by atoms with Crippen molar-refractivity contribution in [2.45, 2.75) is 6.92 Å². The standard InChI is InChI=1S/C10H12N2O2/c1-7(13)12-9-4-2-8(3-5-9)10(14)6-11/h2-5H,6,11H2,1H3,(H,12,13). The van der Waals surface area contributed by atoms with Crippen molar-refractivity contribution in [3.8, 4) is 0 Å². The summed E-state index contributed by atoms with van der Waals surface area (Å²) in [6.07, 6.45) is 0. The van der Waals surface area contributed by atoms with Crippen molar-refractivity contribution in [3.05, 3.63) is 29.8 Å². The lowest BCUT2D eigenvalue weighted by molar-refractivity contribution is -0.114. The highest BCUT2D eigenvalue weighted by atomic mass is 16.1. The Morgan fingerprint density at radius 3 is 2.29 bits per heavy atom. The summed E-state index contributed by atoms with van der Waals surface area (Å²) in [5.41, 5.74) is 6.43. The van der Waals surface area contributed by atoms with Gasteiger partial charge < -0.3 is 11.1 Å². The molecule has 3 N–H and O–H groups in total.